The number of carboxylic acids is 1. The highest BCUT2D eigenvalue weighted by Gasteiger charge is 2.77. The lowest BCUT2D eigenvalue weighted by Gasteiger charge is -2.42. The van der Waals surface area contributed by atoms with Gasteiger partial charge in [0.25, 0.3) is 5.91 Å². The molecule has 1 spiro atoms. The van der Waals surface area contributed by atoms with Crippen molar-refractivity contribution in [3.8, 4) is 0 Å². The molecule has 3 fully saturated rings. The van der Waals surface area contributed by atoms with Crippen LogP contribution in [0.3, 0.4) is 0 Å². The van der Waals surface area contributed by atoms with Crippen molar-refractivity contribution in [2.45, 2.75) is 62.6 Å². The van der Waals surface area contributed by atoms with Crippen molar-refractivity contribution in [3.63, 3.8) is 0 Å². The summed E-state index contributed by atoms with van der Waals surface area (Å²) in [4.78, 5) is 44.2. The first kappa shape index (κ1) is 27.0. The molecule has 36 heavy (non-hydrogen) atoms. The van der Waals surface area contributed by atoms with Gasteiger partial charge in [-0.25, -0.2) is 0 Å². The molecule has 1 aromatic carbocycles. The van der Waals surface area contributed by atoms with Crippen molar-refractivity contribution < 1.29 is 24.6 Å². The summed E-state index contributed by atoms with van der Waals surface area (Å²) >= 11 is 8.08. The second-order valence-electron chi connectivity index (χ2n) is 10.7. The molecule has 3 heterocycles. The summed E-state index contributed by atoms with van der Waals surface area (Å²) < 4.78 is -0.888. The first-order valence-electron chi connectivity index (χ1n) is 12.5. The zero-order valence-electron chi connectivity index (χ0n) is 21.2. The van der Waals surface area contributed by atoms with Crippen LogP contribution in [0.2, 0.25) is 5.02 Å². The Morgan fingerprint density at radius 1 is 1.39 bits per heavy atom. The smallest absolute Gasteiger partial charge is 0.308 e. The van der Waals surface area contributed by atoms with E-state index in [0.717, 1.165) is 5.56 Å². The molecule has 2 amide bonds. The van der Waals surface area contributed by atoms with E-state index in [1.54, 1.807) is 17.0 Å². The standard InChI is InChI=1S/C27H35ClN2O5S/c1-6-10-29(22-15(4)8-7-9-18(22)28)25(33)23-27-16(5)12-19(36-27)20(26(34)35)21(27)24(32)30(23)17(13-31)11-14(2)3/h6-9,14,16-17,19-21,23,31H,1,10-13H2,2-5H3,(H,34,35)/t16?,17-,19+,20-,21+,23?,27?/m1/s1. The number of aliphatic hydroxyl groups is 1. The van der Waals surface area contributed by atoms with Gasteiger partial charge in [0.05, 0.1) is 39.9 Å². The van der Waals surface area contributed by atoms with Gasteiger partial charge in [-0.3, -0.25) is 14.4 Å². The maximum absolute atomic E-state index is 14.6. The zero-order valence-corrected chi connectivity index (χ0v) is 22.8. The van der Waals surface area contributed by atoms with Crippen LogP contribution in [-0.4, -0.2) is 68.1 Å². The van der Waals surface area contributed by atoms with E-state index < -0.39 is 34.6 Å². The number of para-hydroxylation sites is 1. The van der Waals surface area contributed by atoms with Crippen LogP contribution < -0.4 is 4.90 Å². The molecule has 1 aromatic rings. The highest BCUT2D eigenvalue weighted by Crippen LogP contribution is 2.69. The Balaban J connectivity index is 1.90. The molecule has 3 saturated heterocycles. The van der Waals surface area contributed by atoms with Gasteiger partial charge >= 0.3 is 5.97 Å². The normalized spacial score (nSPS) is 31.6. The second-order valence-corrected chi connectivity index (χ2v) is 12.7. The second kappa shape index (κ2) is 10.0. The Labute approximate surface area is 221 Å². The van der Waals surface area contributed by atoms with Gasteiger partial charge in [-0.1, -0.05) is 50.6 Å². The van der Waals surface area contributed by atoms with Gasteiger partial charge < -0.3 is 20.0 Å². The van der Waals surface area contributed by atoms with E-state index in [4.69, 9.17) is 11.6 Å². The Morgan fingerprint density at radius 2 is 2.08 bits per heavy atom. The van der Waals surface area contributed by atoms with Crippen LogP contribution in [0.15, 0.2) is 30.9 Å². The molecule has 196 valence electrons. The molecule has 0 aliphatic carbocycles. The third-order valence-electron chi connectivity index (χ3n) is 8.09. The summed E-state index contributed by atoms with van der Waals surface area (Å²) in [6.45, 7) is 11.6. The lowest BCUT2D eigenvalue weighted by Crippen LogP contribution is -2.59. The molecule has 3 unspecified atom stereocenters. The third kappa shape index (κ3) is 3.96. The predicted octanol–water partition coefficient (Wildman–Crippen LogP) is 4.00. The number of hydrogen-bond acceptors (Lipinski definition) is 5. The van der Waals surface area contributed by atoms with E-state index in [1.165, 1.54) is 16.7 Å². The third-order valence-corrected chi connectivity index (χ3v) is 10.5. The van der Waals surface area contributed by atoms with E-state index in [-0.39, 0.29) is 42.1 Å². The number of thioether (sulfide) groups is 1. The van der Waals surface area contributed by atoms with Gasteiger partial charge in [-0.2, -0.15) is 0 Å². The van der Waals surface area contributed by atoms with Crippen LogP contribution in [0.4, 0.5) is 5.69 Å². The number of hydrogen-bond donors (Lipinski definition) is 2. The SMILES string of the molecule is C=CCN(C(=O)C1N([C@@H](CO)CC(C)C)C(=O)[C@@H]2[C@H](C(=O)O)[C@@H]3CC(C)C12S3)c1c(C)cccc1Cl. The number of benzene rings is 1. The molecule has 0 saturated carbocycles. The minimum atomic E-state index is -0.998. The quantitative estimate of drug-likeness (QED) is 0.465. The van der Waals surface area contributed by atoms with Crippen LogP contribution in [0, 0.1) is 30.6 Å². The van der Waals surface area contributed by atoms with Crippen molar-refractivity contribution in [2.24, 2.45) is 23.7 Å². The number of carboxylic acid groups (broad SMARTS) is 1. The van der Waals surface area contributed by atoms with Gasteiger partial charge in [-0.15, -0.1) is 18.3 Å². The molecule has 4 rings (SSSR count). The summed E-state index contributed by atoms with van der Waals surface area (Å²) in [7, 11) is 0. The molecular weight excluding hydrogens is 500 g/mol. The first-order chi connectivity index (χ1) is 17.0. The molecule has 3 aliphatic rings. The summed E-state index contributed by atoms with van der Waals surface area (Å²) in [5.41, 5.74) is 1.36. The molecule has 2 bridgehead atoms. The Kier molecular flexibility index (Phi) is 7.53. The lowest BCUT2D eigenvalue weighted by molar-refractivity contribution is -0.149. The first-order valence-corrected chi connectivity index (χ1v) is 13.8. The molecule has 7 nitrogen and oxygen atoms in total. The number of likely N-dealkylation sites (tertiary alicyclic amines) is 1. The number of nitrogens with zero attached hydrogens (tertiary/aromatic N) is 2. The van der Waals surface area contributed by atoms with E-state index in [0.29, 0.717) is 23.6 Å². The van der Waals surface area contributed by atoms with Gasteiger partial charge in [0.15, 0.2) is 0 Å². The highest BCUT2D eigenvalue weighted by molar-refractivity contribution is 8.02. The summed E-state index contributed by atoms with van der Waals surface area (Å²) in [5.74, 6) is -3.20. The van der Waals surface area contributed by atoms with Gasteiger partial charge in [0.2, 0.25) is 5.91 Å². The van der Waals surface area contributed by atoms with Crippen LogP contribution in [-0.2, 0) is 14.4 Å². The molecule has 3 aliphatic heterocycles. The number of amides is 2. The van der Waals surface area contributed by atoms with E-state index in [9.17, 15) is 24.6 Å². The lowest BCUT2D eigenvalue weighted by atomic mass is 9.66. The number of aliphatic hydroxyl groups excluding tert-OH is 1. The van der Waals surface area contributed by atoms with E-state index in [2.05, 4.69) is 6.58 Å². The van der Waals surface area contributed by atoms with Crippen LogP contribution in [0.1, 0.15) is 39.2 Å². The number of carbonyl (C=O) groups excluding carboxylic acids is 2. The van der Waals surface area contributed by atoms with Gasteiger partial charge in [-0.05, 0) is 43.2 Å². The summed E-state index contributed by atoms with van der Waals surface area (Å²) in [5, 5.41) is 20.7. The largest absolute Gasteiger partial charge is 0.481 e. The van der Waals surface area contributed by atoms with E-state index >= 15 is 0 Å². The molecule has 0 aromatic heterocycles. The van der Waals surface area contributed by atoms with Crippen LogP contribution >= 0.6 is 23.4 Å². The van der Waals surface area contributed by atoms with Crippen molar-refractivity contribution in [1.29, 1.82) is 0 Å². The zero-order chi connectivity index (χ0) is 26.5. The van der Waals surface area contributed by atoms with Crippen molar-refractivity contribution in [2.75, 3.05) is 18.1 Å². The number of halogens is 1. The van der Waals surface area contributed by atoms with Crippen LogP contribution in [0.25, 0.3) is 0 Å². The average molecular weight is 535 g/mol. The molecule has 7 atom stereocenters. The summed E-state index contributed by atoms with van der Waals surface area (Å²) in [6, 6.07) is 3.90. The van der Waals surface area contributed by atoms with E-state index in [1.807, 2.05) is 39.8 Å². The highest BCUT2D eigenvalue weighted by atomic mass is 35.5. The monoisotopic (exact) mass is 534 g/mol. The molecule has 0 radical (unpaired) electrons. The Hall–Kier alpha value is -2.03. The van der Waals surface area contributed by atoms with Gasteiger partial charge in [0.1, 0.15) is 6.04 Å². The fourth-order valence-corrected chi connectivity index (χ4v) is 9.49. The minimum Gasteiger partial charge on any atom is -0.481 e. The van der Waals surface area contributed by atoms with Crippen LogP contribution in [0.5, 0.6) is 0 Å². The van der Waals surface area contributed by atoms with Crippen molar-refractivity contribution >= 4 is 46.8 Å². The molecular formula is C27H35ClN2O5S. The fourth-order valence-electron chi connectivity index (χ4n) is 6.77. The minimum absolute atomic E-state index is 0.0488. The molecule has 2 N–H and O–H groups in total. The maximum Gasteiger partial charge on any atom is 0.308 e. The maximum atomic E-state index is 14.6. The van der Waals surface area contributed by atoms with Crippen molar-refractivity contribution in [1.82, 2.24) is 4.90 Å². The number of aliphatic carboxylic acids is 1. The number of anilines is 1. The Morgan fingerprint density at radius 3 is 2.64 bits per heavy atom. The summed E-state index contributed by atoms with van der Waals surface area (Å²) in [6.07, 6.45) is 2.75. The molecule has 9 heteroatoms. The number of rotatable bonds is 9. The average Bonchev–Trinajstić information content (AvgIpc) is 3.40. The fraction of sp³-hybridized carbons (Fsp3) is 0.593. The Bertz CT molecular complexity index is 1060. The van der Waals surface area contributed by atoms with Gasteiger partial charge in [0, 0.05) is 11.8 Å². The predicted molar refractivity (Wildman–Crippen MR) is 142 cm³/mol. The number of aryl methyl sites for hydroxylation is 1. The van der Waals surface area contributed by atoms with Crippen molar-refractivity contribution in [3.05, 3.63) is 41.4 Å². The topological polar surface area (TPSA) is 98.2 Å². The number of fused-ring (bicyclic) bond motifs is 1. The number of carbonyl (C=O) groups is 3.